The Morgan fingerprint density at radius 3 is 2.41 bits per heavy atom. The van der Waals surface area contributed by atoms with Gasteiger partial charge in [-0.15, -0.1) is 6.58 Å². The maximum Gasteiger partial charge on any atom is 1.00 e. The second-order valence-electron chi connectivity index (χ2n) is 3.18. The number of benzene rings is 1. The summed E-state index contributed by atoms with van der Waals surface area (Å²) >= 11 is 0. The smallest absolute Gasteiger partial charge is 0.493 e. The van der Waals surface area contributed by atoms with E-state index in [0.29, 0.717) is 12.5 Å². The average molecular weight is 272 g/mol. The molecule has 1 aromatic rings. The van der Waals surface area contributed by atoms with Gasteiger partial charge in [0.2, 0.25) is 0 Å². The molecule has 17 heavy (non-hydrogen) atoms. The largest absolute Gasteiger partial charge is 1.00 e. The SMILES string of the molecule is C=CCCOc1ccc([B-](F)(F)F)c(F)c1.[K+]. The Kier molecular flexibility index (Phi) is 7.66. The molecule has 0 aliphatic rings. The van der Waals surface area contributed by atoms with Crippen LogP contribution in [0, 0.1) is 5.82 Å². The third-order valence-corrected chi connectivity index (χ3v) is 1.92. The first-order valence-corrected chi connectivity index (χ1v) is 4.68. The van der Waals surface area contributed by atoms with Gasteiger partial charge in [-0.1, -0.05) is 17.6 Å². The van der Waals surface area contributed by atoms with Gasteiger partial charge in [-0.05, 0) is 12.5 Å². The molecule has 0 saturated carbocycles. The molecule has 1 aromatic carbocycles. The van der Waals surface area contributed by atoms with E-state index in [1.165, 1.54) is 0 Å². The van der Waals surface area contributed by atoms with Gasteiger partial charge in [0.25, 0.3) is 0 Å². The first kappa shape index (κ1) is 17.2. The molecule has 88 valence electrons. The Bertz CT molecular complexity index is 381. The van der Waals surface area contributed by atoms with Crippen LogP contribution in [0.5, 0.6) is 5.75 Å². The molecule has 1 rings (SSSR count). The van der Waals surface area contributed by atoms with Crippen molar-refractivity contribution in [2.75, 3.05) is 6.61 Å². The van der Waals surface area contributed by atoms with Crippen molar-refractivity contribution in [1.82, 2.24) is 0 Å². The minimum absolute atomic E-state index is 0. The Balaban J connectivity index is 0.00000256. The van der Waals surface area contributed by atoms with Gasteiger partial charge in [0.05, 0.1) is 12.4 Å². The summed E-state index contributed by atoms with van der Waals surface area (Å²) in [6.07, 6.45) is 2.15. The standard InChI is InChI=1S/C10H10BF4O.K/c1-2-3-6-16-8-4-5-9(10(12)7-8)11(13,14)15;/h2,4-5,7H,1,3,6H2;/q-1;+1. The Morgan fingerprint density at radius 1 is 1.29 bits per heavy atom. The van der Waals surface area contributed by atoms with Crippen molar-refractivity contribution in [1.29, 1.82) is 0 Å². The van der Waals surface area contributed by atoms with Crippen molar-refractivity contribution >= 4 is 12.4 Å². The maximum absolute atomic E-state index is 13.1. The summed E-state index contributed by atoms with van der Waals surface area (Å²) in [5.41, 5.74) is -1.23. The second kappa shape index (κ2) is 7.58. The van der Waals surface area contributed by atoms with Gasteiger partial charge in [-0.25, -0.2) is 4.39 Å². The van der Waals surface area contributed by atoms with Gasteiger partial charge < -0.3 is 17.7 Å². The maximum atomic E-state index is 13.1. The topological polar surface area (TPSA) is 9.23 Å². The molecular weight excluding hydrogens is 262 g/mol. The number of hydrogen-bond donors (Lipinski definition) is 0. The molecule has 0 aromatic heterocycles. The van der Waals surface area contributed by atoms with Crippen molar-refractivity contribution in [3.05, 3.63) is 36.7 Å². The van der Waals surface area contributed by atoms with Crippen LogP contribution in [0.3, 0.4) is 0 Å². The molecule has 7 heteroatoms. The molecule has 0 unspecified atom stereocenters. The van der Waals surface area contributed by atoms with Crippen LogP contribution in [0.4, 0.5) is 17.3 Å². The monoisotopic (exact) mass is 272 g/mol. The number of hydrogen-bond acceptors (Lipinski definition) is 1. The third kappa shape index (κ3) is 5.57. The predicted molar refractivity (Wildman–Crippen MR) is 55.4 cm³/mol. The summed E-state index contributed by atoms with van der Waals surface area (Å²) in [5.74, 6) is -1.22. The van der Waals surface area contributed by atoms with Crippen LogP contribution < -0.4 is 61.6 Å². The van der Waals surface area contributed by atoms with E-state index in [2.05, 4.69) is 6.58 Å². The van der Waals surface area contributed by atoms with Gasteiger partial charge in [0.15, 0.2) is 0 Å². The molecule has 0 N–H and O–H groups in total. The van der Waals surface area contributed by atoms with Crippen LogP contribution in [0.25, 0.3) is 0 Å². The molecular formula is C10H10BF4KO. The molecule has 0 saturated heterocycles. The zero-order valence-corrected chi connectivity index (χ0v) is 12.6. The summed E-state index contributed by atoms with van der Waals surface area (Å²) in [4.78, 5) is 0. The molecule has 0 radical (unpaired) electrons. The molecule has 1 nitrogen and oxygen atoms in total. The predicted octanol–water partition coefficient (Wildman–Crippen LogP) is -0.161. The van der Waals surface area contributed by atoms with Gasteiger partial charge in [-0.3, -0.25) is 0 Å². The summed E-state index contributed by atoms with van der Waals surface area (Å²) in [6.45, 7) is -1.59. The van der Waals surface area contributed by atoms with E-state index in [1.807, 2.05) is 0 Å². The molecule has 0 bridgehead atoms. The fraction of sp³-hybridized carbons (Fsp3) is 0.200. The molecule has 0 heterocycles. The van der Waals surface area contributed by atoms with Crippen molar-refractivity contribution in [3.63, 3.8) is 0 Å². The van der Waals surface area contributed by atoms with E-state index in [-0.39, 0.29) is 63.7 Å². The quantitative estimate of drug-likeness (QED) is 0.313. The van der Waals surface area contributed by atoms with Gasteiger partial charge in [0.1, 0.15) is 5.75 Å². The average Bonchev–Trinajstić information content (AvgIpc) is 2.16. The van der Waals surface area contributed by atoms with Crippen LogP contribution in [0.2, 0.25) is 0 Å². The van der Waals surface area contributed by atoms with Crippen LogP contribution in [-0.4, -0.2) is 13.6 Å². The fourth-order valence-electron chi connectivity index (χ4n) is 1.12. The molecule has 0 amide bonds. The van der Waals surface area contributed by atoms with Crippen LogP contribution in [-0.2, 0) is 0 Å². The number of ether oxygens (including phenoxy) is 1. The van der Waals surface area contributed by atoms with Gasteiger partial charge in [-0.2, -0.15) is 0 Å². The summed E-state index contributed by atoms with van der Waals surface area (Å²) < 4.78 is 54.8. The van der Waals surface area contributed by atoms with E-state index in [0.717, 1.165) is 12.1 Å². The Morgan fingerprint density at radius 2 is 1.94 bits per heavy atom. The van der Waals surface area contributed by atoms with Crippen LogP contribution in [0.15, 0.2) is 30.9 Å². The summed E-state index contributed by atoms with van der Waals surface area (Å²) in [7, 11) is 0. The van der Waals surface area contributed by atoms with E-state index >= 15 is 0 Å². The Hall–Kier alpha value is 0.181. The zero-order chi connectivity index (χ0) is 12.2. The number of halogens is 4. The van der Waals surface area contributed by atoms with Crippen molar-refractivity contribution in [2.45, 2.75) is 6.42 Å². The summed E-state index contributed by atoms with van der Waals surface area (Å²) in [6, 6.07) is 2.54. The normalized spacial score (nSPS) is 10.6. The first-order valence-electron chi connectivity index (χ1n) is 4.68. The minimum Gasteiger partial charge on any atom is -0.493 e. The molecule has 0 fully saturated rings. The summed E-state index contributed by atoms with van der Waals surface area (Å²) in [5, 5.41) is 0. The molecule has 0 spiro atoms. The van der Waals surface area contributed by atoms with E-state index in [9.17, 15) is 17.3 Å². The van der Waals surface area contributed by atoms with E-state index in [1.54, 1.807) is 6.08 Å². The zero-order valence-electron chi connectivity index (χ0n) is 9.43. The van der Waals surface area contributed by atoms with Crippen molar-refractivity contribution in [2.24, 2.45) is 0 Å². The van der Waals surface area contributed by atoms with E-state index < -0.39 is 18.3 Å². The van der Waals surface area contributed by atoms with E-state index in [4.69, 9.17) is 4.74 Å². The van der Waals surface area contributed by atoms with Crippen molar-refractivity contribution < 1.29 is 73.5 Å². The molecule has 0 aliphatic heterocycles. The van der Waals surface area contributed by atoms with Gasteiger partial charge in [0, 0.05) is 6.07 Å². The number of rotatable bonds is 5. The third-order valence-electron chi connectivity index (χ3n) is 1.92. The minimum atomic E-state index is -5.31. The molecule has 0 aliphatic carbocycles. The first-order chi connectivity index (χ1) is 7.45. The molecule has 0 atom stereocenters. The van der Waals surface area contributed by atoms with Crippen LogP contribution in [0.1, 0.15) is 6.42 Å². The Labute approximate surface area is 140 Å². The fourth-order valence-corrected chi connectivity index (χ4v) is 1.12. The van der Waals surface area contributed by atoms with Crippen molar-refractivity contribution in [3.8, 4) is 5.75 Å². The second-order valence-corrected chi connectivity index (χ2v) is 3.18. The van der Waals surface area contributed by atoms with Gasteiger partial charge >= 0.3 is 58.4 Å². The van der Waals surface area contributed by atoms with Crippen LogP contribution >= 0.6 is 0 Å².